The molecule has 18 heavy (non-hydrogen) atoms. The van der Waals surface area contributed by atoms with Gasteiger partial charge in [-0.15, -0.1) is 11.3 Å². The Kier molecular flexibility index (Phi) is 2.97. The summed E-state index contributed by atoms with van der Waals surface area (Å²) in [5, 5.41) is 2.03. The normalized spacial score (nSPS) is 11.2. The number of fused-ring (bicyclic) bond motifs is 1. The van der Waals surface area contributed by atoms with Gasteiger partial charge in [0.05, 0.1) is 22.2 Å². The van der Waals surface area contributed by atoms with Gasteiger partial charge in [0.2, 0.25) is 0 Å². The van der Waals surface area contributed by atoms with Gasteiger partial charge in [0.15, 0.2) is 4.77 Å². The smallest absolute Gasteiger partial charge is 0.178 e. The largest absolute Gasteiger partial charge is 0.330 e. The van der Waals surface area contributed by atoms with Crippen LogP contribution >= 0.6 is 23.6 Å². The summed E-state index contributed by atoms with van der Waals surface area (Å²) in [6.07, 6.45) is 0.822. The molecule has 0 spiro atoms. The van der Waals surface area contributed by atoms with Crippen LogP contribution in [0.1, 0.15) is 5.69 Å². The second-order valence-electron chi connectivity index (χ2n) is 3.97. The molecule has 0 amide bonds. The average molecular weight is 279 g/mol. The lowest BCUT2D eigenvalue weighted by atomic mass is 10.3. The first kappa shape index (κ1) is 11.6. The molecule has 0 aliphatic rings. The predicted molar refractivity (Wildman–Crippen MR) is 72.9 cm³/mol. The minimum absolute atomic E-state index is 0.259. The van der Waals surface area contributed by atoms with Crippen LogP contribution < -0.4 is 0 Å². The molecule has 0 bridgehead atoms. The van der Waals surface area contributed by atoms with Crippen LogP contribution in [0.2, 0.25) is 0 Å². The molecule has 2 aromatic heterocycles. The van der Waals surface area contributed by atoms with Crippen LogP contribution in [0.25, 0.3) is 11.0 Å². The summed E-state index contributed by atoms with van der Waals surface area (Å²) >= 11 is 6.84. The second-order valence-corrected chi connectivity index (χ2v) is 5.08. The SMILES string of the molecule is Fc1ccc2c(c1)[nH]c(=S)n2CCc1cscn1. The lowest BCUT2D eigenvalue weighted by Gasteiger charge is -2.02. The molecule has 0 unspecified atom stereocenters. The quantitative estimate of drug-likeness (QED) is 0.744. The number of hydrogen-bond acceptors (Lipinski definition) is 3. The van der Waals surface area contributed by atoms with Gasteiger partial charge in [-0.25, -0.2) is 9.37 Å². The molecule has 0 radical (unpaired) electrons. The Morgan fingerprint density at radius 2 is 2.33 bits per heavy atom. The predicted octanol–water partition coefficient (Wildman–Crippen LogP) is 3.54. The first-order chi connectivity index (χ1) is 8.74. The van der Waals surface area contributed by atoms with E-state index in [1.165, 1.54) is 12.1 Å². The molecule has 0 aliphatic heterocycles. The Balaban J connectivity index is 1.96. The molecule has 2 heterocycles. The maximum absolute atomic E-state index is 13.1. The van der Waals surface area contributed by atoms with Gasteiger partial charge in [-0.1, -0.05) is 0 Å². The highest BCUT2D eigenvalue weighted by Crippen LogP contribution is 2.16. The molecule has 1 N–H and O–H groups in total. The first-order valence-electron chi connectivity index (χ1n) is 5.49. The number of H-pyrrole nitrogens is 1. The van der Waals surface area contributed by atoms with Crippen molar-refractivity contribution in [2.75, 3.05) is 0 Å². The molecular formula is C12H10FN3S2. The number of hydrogen-bond donors (Lipinski definition) is 1. The average Bonchev–Trinajstić information content (AvgIpc) is 2.93. The van der Waals surface area contributed by atoms with Crippen molar-refractivity contribution in [3.05, 3.63) is 45.4 Å². The summed E-state index contributed by atoms with van der Waals surface area (Å²) < 4.78 is 15.7. The van der Waals surface area contributed by atoms with Crippen LogP contribution in [-0.4, -0.2) is 14.5 Å². The van der Waals surface area contributed by atoms with Crippen molar-refractivity contribution in [2.24, 2.45) is 0 Å². The van der Waals surface area contributed by atoms with E-state index in [1.54, 1.807) is 17.4 Å². The molecule has 0 atom stereocenters. The Labute approximate surface area is 112 Å². The van der Waals surface area contributed by atoms with Gasteiger partial charge in [0.1, 0.15) is 5.82 Å². The van der Waals surface area contributed by atoms with E-state index in [9.17, 15) is 4.39 Å². The van der Waals surface area contributed by atoms with Crippen molar-refractivity contribution in [3.63, 3.8) is 0 Å². The van der Waals surface area contributed by atoms with Gasteiger partial charge >= 0.3 is 0 Å². The summed E-state index contributed by atoms with van der Waals surface area (Å²) in [7, 11) is 0. The van der Waals surface area contributed by atoms with Gasteiger partial charge in [-0.05, 0) is 30.4 Å². The molecule has 1 aromatic carbocycles. The van der Waals surface area contributed by atoms with Crippen LogP contribution in [0.3, 0.4) is 0 Å². The van der Waals surface area contributed by atoms with Gasteiger partial charge in [-0.2, -0.15) is 0 Å². The number of rotatable bonds is 3. The van der Waals surface area contributed by atoms with Crippen LogP contribution in [-0.2, 0) is 13.0 Å². The number of aromatic nitrogens is 3. The maximum atomic E-state index is 13.1. The molecule has 0 aliphatic carbocycles. The topological polar surface area (TPSA) is 33.6 Å². The zero-order valence-corrected chi connectivity index (χ0v) is 11.0. The van der Waals surface area contributed by atoms with E-state index in [2.05, 4.69) is 9.97 Å². The van der Waals surface area contributed by atoms with Gasteiger partial charge in [0, 0.05) is 18.3 Å². The third kappa shape index (κ3) is 2.09. The molecule has 0 fully saturated rings. The minimum atomic E-state index is -0.259. The summed E-state index contributed by atoms with van der Waals surface area (Å²) in [4.78, 5) is 7.26. The van der Waals surface area contributed by atoms with E-state index in [1.807, 2.05) is 15.5 Å². The van der Waals surface area contributed by atoms with Gasteiger partial charge in [0.25, 0.3) is 0 Å². The van der Waals surface area contributed by atoms with E-state index in [0.717, 1.165) is 29.7 Å². The van der Waals surface area contributed by atoms with E-state index in [0.29, 0.717) is 4.77 Å². The highest BCUT2D eigenvalue weighted by Gasteiger charge is 2.06. The minimum Gasteiger partial charge on any atom is -0.330 e. The third-order valence-corrected chi connectivity index (χ3v) is 3.77. The molecule has 3 aromatic rings. The number of nitrogens with one attached hydrogen (secondary N) is 1. The standard InChI is InChI=1S/C12H10FN3S2/c13-8-1-2-11-10(5-8)15-12(17)16(11)4-3-9-6-18-7-14-9/h1-2,5-7H,3-4H2,(H,15,17). The summed E-state index contributed by atoms with van der Waals surface area (Å²) in [6.45, 7) is 0.744. The summed E-state index contributed by atoms with van der Waals surface area (Å²) in [5.41, 5.74) is 4.53. The monoisotopic (exact) mass is 279 g/mol. The number of halogens is 1. The van der Waals surface area contributed by atoms with Crippen molar-refractivity contribution in [1.29, 1.82) is 0 Å². The fourth-order valence-electron chi connectivity index (χ4n) is 1.95. The Hall–Kier alpha value is -1.53. The lowest BCUT2D eigenvalue weighted by molar-refractivity contribution is 0.629. The van der Waals surface area contributed by atoms with Crippen molar-refractivity contribution in [1.82, 2.24) is 14.5 Å². The van der Waals surface area contributed by atoms with Crippen LogP contribution in [0.15, 0.2) is 29.1 Å². The first-order valence-corrected chi connectivity index (χ1v) is 6.84. The van der Waals surface area contributed by atoms with Crippen LogP contribution in [0, 0.1) is 10.6 Å². The fraction of sp³-hybridized carbons (Fsp3) is 0.167. The van der Waals surface area contributed by atoms with Crippen molar-refractivity contribution >= 4 is 34.6 Å². The van der Waals surface area contributed by atoms with E-state index in [-0.39, 0.29) is 5.82 Å². The van der Waals surface area contributed by atoms with Crippen molar-refractivity contribution in [3.8, 4) is 0 Å². The van der Waals surface area contributed by atoms with E-state index < -0.39 is 0 Å². The third-order valence-electron chi connectivity index (χ3n) is 2.81. The van der Waals surface area contributed by atoms with E-state index in [4.69, 9.17) is 12.2 Å². The zero-order chi connectivity index (χ0) is 12.5. The van der Waals surface area contributed by atoms with Crippen LogP contribution in [0.5, 0.6) is 0 Å². The Bertz CT molecular complexity index is 727. The second kappa shape index (κ2) is 4.62. The van der Waals surface area contributed by atoms with Gasteiger partial charge < -0.3 is 9.55 Å². The Morgan fingerprint density at radius 1 is 1.44 bits per heavy atom. The number of benzene rings is 1. The lowest BCUT2D eigenvalue weighted by Crippen LogP contribution is -2.01. The molecule has 0 saturated heterocycles. The fourth-order valence-corrected chi connectivity index (χ4v) is 2.84. The molecule has 3 nitrogen and oxygen atoms in total. The number of thiazole rings is 1. The zero-order valence-electron chi connectivity index (χ0n) is 9.39. The molecule has 3 rings (SSSR count). The summed E-state index contributed by atoms with van der Waals surface area (Å²) in [5.74, 6) is -0.259. The van der Waals surface area contributed by atoms with Crippen molar-refractivity contribution < 1.29 is 4.39 Å². The summed E-state index contributed by atoms with van der Waals surface area (Å²) in [6, 6.07) is 4.66. The number of imidazole rings is 1. The maximum Gasteiger partial charge on any atom is 0.178 e. The number of nitrogens with zero attached hydrogens (tertiary/aromatic N) is 2. The molecule has 0 saturated carbocycles. The molecule has 92 valence electrons. The molecule has 6 heteroatoms. The Morgan fingerprint density at radius 3 is 3.11 bits per heavy atom. The highest BCUT2D eigenvalue weighted by atomic mass is 32.1. The van der Waals surface area contributed by atoms with E-state index >= 15 is 0 Å². The van der Waals surface area contributed by atoms with Crippen LogP contribution in [0.4, 0.5) is 4.39 Å². The van der Waals surface area contributed by atoms with Gasteiger partial charge in [-0.3, -0.25) is 0 Å². The molecular weight excluding hydrogens is 269 g/mol. The number of aryl methyl sites for hydroxylation is 2. The number of aromatic amines is 1. The highest BCUT2D eigenvalue weighted by molar-refractivity contribution is 7.71. The van der Waals surface area contributed by atoms with Crippen molar-refractivity contribution in [2.45, 2.75) is 13.0 Å².